The first-order valence-electron chi connectivity index (χ1n) is 15.1. The van der Waals surface area contributed by atoms with Gasteiger partial charge in [0.2, 0.25) is 5.91 Å². The van der Waals surface area contributed by atoms with Crippen LogP contribution in [0.4, 0.5) is 8.78 Å². The number of carbonyl (C=O) groups excluding carboxylic acids is 2. The molecule has 230 valence electrons. The Kier molecular flexibility index (Phi) is 11.3. The molecule has 3 aromatic rings. The number of halogens is 2. The van der Waals surface area contributed by atoms with Crippen LogP contribution in [0.25, 0.3) is 0 Å². The van der Waals surface area contributed by atoms with Crippen LogP contribution in [0, 0.1) is 11.7 Å². The Bertz CT molecular complexity index is 1350. The quantitative estimate of drug-likeness (QED) is 0.191. The average molecular weight is 594 g/mol. The molecule has 1 saturated heterocycles. The van der Waals surface area contributed by atoms with Crippen molar-refractivity contribution in [3.05, 3.63) is 83.7 Å². The highest BCUT2D eigenvalue weighted by molar-refractivity contribution is 5.96. The molecule has 0 spiro atoms. The van der Waals surface area contributed by atoms with Gasteiger partial charge in [-0.2, -0.15) is 0 Å². The average Bonchev–Trinajstić information content (AvgIpc) is 3.00. The fourth-order valence-electron chi connectivity index (χ4n) is 5.48. The van der Waals surface area contributed by atoms with E-state index in [-0.39, 0.29) is 36.8 Å². The van der Waals surface area contributed by atoms with Crippen molar-refractivity contribution in [3.63, 3.8) is 0 Å². The number of rotatable bonds is 14. The number of piperidine rings is 1. The number of benzene rings is 3. The normalized spacial score (nSPS) is 14.5. The van der Waals surface area contributed by atoms with Crippen molar-refractivity contribution in [2.75, 3.05) is 19.8 Å². The van der Waals surface area contributed by atoms with E-state index in [0.717, 1.165) is 19.3 Å². The van der Waals surface area contributed by atoms with E-state index in [1.807, 2.05) is 0 Å². The summed E-state index contributed by atoms with van der Waals surface area (Å²) in [5.41, 5.74) is 0.425. The van der Waals surface area contributed by atoms with Gasteiger partial charge in [-0.05, 0) is 97.8 Å². The Morgan fingerprint density at radius 3 is 1.98 bits per heavy atom. The van der Waals surface area contributed by atoms with Gasteiger partial charge in [0.25, 0.3) is 0 Å². The molecular weight excluding hydrogens is 552 g/mol. The molecule has 0 aromatic heterocycles. The molecule has 1 fully saturated rings. The summed E-state index contributed by atoms with van der Waals surface area (Å²) >= 11 is 0. The van der Waals surface area contributed by atoms with Crippen LogP contribution in [-0.2, 0) is 11.2 Å². The number of hydrogen-bond donors (Lipinski definition) is 1. The van der Waals surface area contributed by atoms with Gasteiger partial charge >= 0.3 is 0 Å². The van der Waals surface area contributed by atoms with Crippen molar-refractivity contribution in [1.82, 2.24) is 4.90 Å². The molecule has 43 heavy (non-hydrogen) atoms. The molecule has 8 heteroatoms. The standard InChI is InChI=1S/C35H41F2NO5/c1-3-25(4-2)24-35(41)15-18-38(19-16-35)34(40)22-26-20-31(23-32(21-26)43-30-13-9-28(37)10-14-30)42-29-11-7-27(8-12-29)33(39)6-5-17-36/h7-14,20-21,23,25,41H,3-6,15-19,22,24H2,1-2H3. The van der Waals surface area contributed by atoms with Crippen LogP contribution in [0.3, 0.4) is 0 Å². The zero-order chi connectivity index (χ0) is 30.8. The Hall–Kier alpha value is -3.78. The zero-order valence-corrected chi connectivity index (χ0v) is 25.0. The zero-order valence-electron chi connectivity index (χ0n) is 25.0. The van der Waals surface area contributed by atoms with E-state index in [0.29, 0.717) is 66.0 Å². The number of alkyl halides is 1. The van der Waals surface area contributed by atoms with Gasteiger partial charge in [-0.3, -0.25) is 14.0 Å². The molecule has 4 rings (SSSR count). The minimum absolute atomic E-state index is 0.0504. The molecule has 0 radical (unpaired) electrons. The van der Waals surface area contributed by atoms with Crippen LogP contribution < -0.4 is 9.47 Å². The Labute approximate surface area is 252 Å². The molecule has 1 N–H and O–H groups in total. The summed E-state index contributed by atoms with van der Waals surface area (Å²) in [6.07, 6.45) is 4.40. The van der Waals surface area contributed by atoms with E-state index in [9.17, 15) is 23.5 Å². The summed E-state index contributed by atoms with van der Waals surface area (Å²) in [6.45, 7) is 4.76. The number of aliphatic hydroxyl groups is 1. The van der Waals surface area contributed by atoms with Gasteiger partial charge in [0.1, 0.15) is 28.8 Å². The molecular formula is C35H41F2NO5. The molecule has 1 aliphatic rings. The molecule has 1 amide bonds. The predicted octanol–water partition coefficient (Wildman–Crippen LogP) is 8.07. The second-order valence-electron chi connectivity index (χ2n) is 11.4. The maximum Gasteiger partial charge on any atom is 0.226 e. The third-order valence-electron chi connectivity index (χ3n) is 8.16. The third-order valence-corrected chi connectivity index (χ3v) is 8.16. The van der Waals surface area contributed by atoms with Gasteiger partial charge < -0.3 is 19.5 Å². The highest BCUT2D eigenvalue weighted by atomic mass is 19.1. The largest absolute Gasteiger partial charge is 0.457 e. The maximum atomic E-state index is 13.4. The van der Waals surface area contributed by atoms with Crippen molar-refractivity contribution >= 4 is 11.7 Å². The van der Waals surface area contributed by atoms with Crippen molar-refractivity contribution < 1.29 is 33.0 Å². The summed E-state index contributed by atoms with van der Waals surface area (Å²) in [7, 11) is 0. The Morgan fingerprint density at radius 2 is 1.44 bits per heavy atom. The second-order valence-corrected chi connectivity index (χ2v) is 11.4. The molecule has 1 heterocycles. The lowest BCUT2D eigenvalue weighted by Gasteiger charge is -2.40. The lowest BCUT2D eigenvalue weighted by atomic mass is 9.81. The van der Waals surface area contributed by atoms with Gasteiger partial charge in [-0.1, -0.05) is 26.7 Å². The van der Waals surface area contributed by atoms with E-state index in [2.05, 4.69) is 13.8 Å². The van der Waals surface area contributed by atoms with Gasteiger partial charge in [0, 0.05) is 31.1 Å². The van der Waals surface area contributed by atoms with Crippen LogP contribution in [-0.4, -0.2) is 47.1 Å². The van der Waals surface area contributed by atoms with E-state index in [4.69, 9.17) is 9.47 Å². The first-order chi connectivity index (χ1) is 20.7. The number of nitrogens with zero attached hydrogens (tertiary/aromatic N) is 1. The summed E-state index contributed by atoms with van der Waals surface area (Å²) in [4.78, 5) is 27.3. The van der Waals surface area contributed by atoms with E-state index < -0.39 is 12.3 Å². The molecule has 0 saturated carbocycles. The maximum absolute atomic E-state index is 13.4. The van der Waals surface area contributed by atoms with Crippen molar-refractivity contribution in [2.45, 2.75) is 70.8 Å². The summed E-state index contributed by atoms with van der Waals surface area (Å²) in [5, 5.41) is 11.1. The number of Topliss-reactive ketones (excluding diaryl/α,β-unsaturated/α-hetero) is 1. The van der Waals surface area contributed by atoms with Crippen molar-refractivity contribution in [3.8, 4) is 23.0 Å². The lowest BCUT2D eigenvalue weighted by molar-refractivity contribution is -0.135. The molecule has 0 bridgehead atoms. The molecule has 1 aliphatic heterocycles. The number of amides is 1. The van der Waals surface area contributed by atoms with Crippen molar-refractivity contribution in [2.24, 2.45) is 5.92 Å². The second kappa shape index (κ2) is 15.1. The van der Waals surface area contributed by atoms with E-state index in [1.54, 1.807) is 47.4 Å². The minimum atomic E-state index is -0.731. The number of likely N-dealkylation sites (tertiary alicyclic amines) is 1. The molecule has 0 aliphatic carbocycles. The van der Waals surface area contributed by atoms with E-state index >= 15 is 0 Å². The third kappa shape index (κ3) is 9.35. The Balaban J connectivity index is 1.48. The van der Waals surface area contributed by atoms with Crippen molar-refractivity contribution in [1.29, 1.82) is 0 Å². The minimum Gasteiger partial charge on any atom is -0.457 e. The summed E-state index contributed by atoms with van der Waals surface area (Å²) in [6, 6.07) is 17.4. The fourth-order valence-corrected chi connectivity index (χ4v) is 5.48. The van der Waals surface area contributed by atoms with Crippen LogP contribution in [0.1, 0.15) is 74.7 Å². The monoisotopic (exact) mass is 593 g/mol. The summed E-state index contributed by atoms with van der Waals surface area (Å²) < 4.78 is 37.9. The van der Waals surface area contributed by atoms with Gasteiger partial charge in [-0.15, -0.1) is 0 Å². The first-order valence-corrected chi connectivity index (χ1v) is 15.1. The predicted molar refractivity (Wildman–Crippen MR) is 162 cm³/mol. The van der Waals surface area contributed by atoms with Gasteiger partial charge in [0.15, 0.2) is 5.78 Å². The lowest BCUT2D eigenvalue weighted by Crippen LogP contribution is -2.47. The fraction of sp³-hybridized carbons (Fsp3) is 0.429. The molecule has 0 unspecified atom stereocenters. The number of carbonyl (C=O) groups is 2. The highest BCUT2D eigenvalue weighted by Crippen LogP contribution is 2.33. The topological polar surface area (TPSA) is 76.1 Å². The van der Waals surface area contributed by atoms with Crippen LogP contribution >= 0.6 is 0 Å². The highest BCUT2D eigenvalue weighted by Gasteiger charge is 2.35. The summed E-state index contributed by atoms with van der Waals surface area (Å²) in [5.74, 6) is 1.67. The first kappa shape index (κ1) is 32.1. The van der Waals surface area contributed by atoms with Crippen LogP contribution in [0.5, 0.6) is 23.0 Å². The van der Waals surface area contributed by atoms with Crippen LogP contribution in [0.2, 0.25) is 0 Å². The Morgan fingerprint density at radius 1 is 0.884 bits per heavy atom. The molecule has 3 aromatic carbocycles. The molecule has 0 atom stereocenters. The molecule has 6 nitrogen and oxygen atoms in total. The van der Waals surface area contributed by atoms with Crippen LogP contribution in [0.15, 0.2) is 66.7 Å². The smallest absolute Gasteiger partial charge is 0.226 e. The number of hydrogen-bond acceptors (Lipinski definition) is 5. The van der Waals surface area contributed by atoms with E-state index in [1.165, 1.54) is 24.3 Å². The number of ether oxygens (including phenoxy) is 2. The van der Waals surface area contributed by atoms with Gasteiger partial charge in [-0.25, -0.2) is 4.39 Å². The number of ketones is 1. The SMILES string of the molecule is CCC(CC)CC1(O)CCN(C(=O)Cc2cc(Oc3ccc(F)cc3)cc(Oc3ccc(C(=O)CCCF)cc3)c2)CC1. The van der Waals surface area contributed by atoms with Gasteiger partial charge in [0.05, 0.1) is 18.7 Å².